The van der Waals surface area contributed by atoms with E-state index < -0.39 is 0 Å². The van der Waals surface area contributed by atoms with Crippen molar-refractivity contribution in [1.29, 1.82) is 0 Å². The number of nitrogens with two attached hydrogens (primary N) is 1. The molecule has 112 valence electrons. The van der Waals surface area contributed by atoms with Gasteiger partial charge in [0, 0.05) is 43.8 Å². The minimum atomic E-state index is 0.519. The van der Waals surface area contributed by atoms with E-state index in [1.165, 1.54) is 0 Å². The van der Waals surface area contributed by atoms with Crippen LogP contribution in [0.2, 0.25) is 5.02 Å². The number of methoxy groups -OCH3 is 2. The van der Waals surface area contributed by atoms with Crippen LogP contribution in [-0.4, -0.2) is 43.8 Å². The zero-order valence-electron chi connectivity index (χ0n) is 11.9. The Morgan fingerprint density at radius 2 is 2.10 bits per heavy atom. The number of benzene rings is 1. The first-order valence-electron chi connectivity index (χ1n) is 6.38. The van der Waals surface area contributed by atoms with Crippen LogP contribution in [0.5, 0.6) is 5.75 Å². The van der Waals surface area contributed by atoms with Crippen LogP contribution in [-0.2, 0) is 11.3 Å². The lowest BCUT2D eigenvalue weighted by molar-refractivity contribution is 0.145. The van der Waals surface area contributed by atoms with Crippen LogP contribution in [0, 0.1) is 0 Å². The molecule has 6 heteroatoms. The predicted octanol–water partition coefficient (Wildman–Crippen LogP) is 2.47. The molecule has 4 nitrogen and oxygen atoms in total. The summed E-state index contributed by atoms with van der Waals surface area (Å²) in [5.74, 6) is 0.826. The molecule has 0 aliphatic carbocycles. The van der Waals surface area contributed by atoms with Gasteiger partial charge < -0.3 is 15.2 Å². The molecule has 0 saturated heterocycles. The summed E-state index contributed by atoms with van der Waals surface area (Å²) in [7, 11) is 3.34. The van der Waals surface area contributed by atoms with Gasteiger partial charge in [-0.05, 0) is 18.2 Å². The second-order valence-electron chi connectivity index (χ2n) is 4.44. The average Bonchev–Trinajstić information content (AvgIpc) is 2.42. The van der Waals surface area contributed by atoms with Gasteiger partial charge in [-0.1, -0.05) is 23.8 Å². The number of hydrogen-bond donors (Lipinski definition) is 1. The van der Waals surface area contributed by atoms with Gasteiger partial charge in [0.15, 0.2) is 0 Å². The standard InChI is InChI=1S/C14H21ClN2O2S/c1-18-8-7-17(6-5-14(16)20)10-11-9-12(15)3-4-13(11)19-2/h3-4,9H,5-8,10H2,1-2H3,(H2,16,20). The molecule has 2 N–H and O–H groups in total. The first-order valence-corrected chi connectivity index (χ1v) is 7.17. The monoisotopic (exact) mass is 316 g/mol. The lowest BCUT2D eigenvalue weighted by Crippen LogP contribution is -2.30. The first-order chi connectivity index (χ1) is 9.56. The minimum absolute atomic E-state index is 0.519. The maximum atomic E-state index is 6.05. The molecule has 0 unspecified atom stereocenters. The molecule has 0 radical (unpaired) electrons. The lowest BCUT2D eigenvalue weighted by atomic mass is 10.2. The fourth-order valence-corrected chi connectivity index (χ4v) is 2.16. The Bertz CT molecular complexity index is 443. The van der Waals surface area contributed by atoms with Crippen LogP contribution in [0.1, 0.15) is 12.0 Å². The van der Waals surface area contributed by atoms with Gasteiger partial charge in [0.2, 0.25) is 0 Å². The van der Waals surface area contributed by atoms with Crippen molar-refractivity contribution in [3.8, 4) is 5.75 Å². The topological polar surface area (TPSA) is 47.7 Å². The zero-order valence-corrected chi connectivity index (χ0v) is 13.5. The summed E-state index contributed by atoms with van der Waals surface area (Å²) in [5, 5.41) is 0.696. The molecule has 0 bridgehead atoms. The van der Waals surface area contributed by atoms with E-state index in [0.29, 0.717) is 23.0 Å². The second kappa shape index (κ2) is 9.13. The van der Waals surface area contributed by atoms with Crippen molar-refractivity contribution >= 4 is 28.8 Å². The molecule has 20 heavy (non-hydrogen) atoms. The number of thiocarbonyl (C=S) groups is 1. The van der Waals surface area contributed by atoms with E-state index in [9.17, 15) is 0 Å². The molecule has 0 spiro atoms. The summed E-state index contributed by atoms with van der Waals surface area (Å²) in [6, 6.07) is 5.61. The summed E-state index contributed by atoms with van der Waals surface area (Å²) in [6.07, 6.45) is 0.682. The van der Waals surface area contributed by atoms with E-state index >= 15 is 0 Å². The maximum absolute atomic E-state index is 6.05. The van der Waals surface area contributed by atoms with Crippen molar-refractivity contribution in [2.24, 2.45) is 5.73 Å². The fraction of sp³-hybridized carbons (Fsp3) is 0.500. The van der Waals surface area contributed by atoms with Gasteiger partial charge in [0.25, 0.3) is 0 Å². The maximum Gasteiger partial charge on any atom is 0.123 e. The summed E-state index contributed by atoms with van der Waals surface area (Å²) in [6.45, 7) is 2.96. The van der Waals surface area contributed by atoms with E-state index in [-0.39, 0.29) is 0 Å². The van der Waals surface area contributed by atoms with E-state index in [1.807, 2.05) is 18.2 Å². The summed E-state index contributed by atoms with van der Waals surface area (Å²) < 4.78 is 10.5. The molecule has 0 aliphatic heterocycles. The van der Waals surface area contributed by atoms with Crippen molar-refractivity contribution in [2.45, 2.75) is 13.0 Å². The van der Waals surface area contributed by atoms with Crippen molar-refractivity contribution in [3.05, 3.63) is 28.8 Å². The van der Waals surface area contributed by atoms with E-state index in [0.717, 1.165) is 30.9 Å². The summed E-state index contributed by atoms with van der Waals surface area (Å²) in [4.78, 5) is 2.74. The van der Waals surface area contributed by atoms with Crippen molar-refractivity contribution < 1.29 is 9.47 Å². The molecule has 1 aromatic carbocycles. The third kappa shape index (κ3) is 6.05. The highest BCUT2D eigenvalue weighted by Gasteiger charge is 2.11. The van der Waals surface area contributed by atoms with Crippen molar-refractivity contribution in [3.63, 3.8) is 0 Å². The van der Waals surface area contributed by atoms with Crippen LogP contribution in [0.4, 0.5) is 0 Å². The molecule has 0 atom stereocenters. The molecular weight excluding hydrogens is 296 g/mol. The Balaban J connectivity index is 2.76. The van der Waals surface area contributed by atoms with Gasteiger partial charge in [-0.25, -0.2) is 0 Å². The largest absolute Gasteiger partial charge is 0.496 e. The number of rotatable bonds is 9. The molecule has 0 heterocycles. The van der Waals surface area contributed by atoms with Crippen LogP contribution in [0.3, 0.4) is 0 Å². The van der Waals surface area contributed by atoms with Gasteiger partial charge in [0.1, 0.15) is 5.75 Å². The van der Waals surface area contributed by atoms with E-state index in [4.69, 9.17) is 39.0 Å². The van der Waals surface area contributed by atoms with E-state index in [1.54, 1.807) is 14.2 Å². The van der Waals surface area contributed by atoms with Gasteiger partial charge in [-0.15, -0.1) is 0 Å². The zero-order chi connectivity index (χ0) is 15.0. The SMILES string of the molecule is COCCN(CCC(N)=S)Cc1cc(Cl)ccc1OC. The third-order valence-electron chi connectivity index (χ3n) is 2.92. The number of ether oxygens (including phenoxy) is 2. The van der Waals surface area contributed by atoms with Crippen molar-refractivity contribution in [1.82, 2.24) is 4.90 Å². The normalized spacial score (nSPS) is 10.8. The highest BCUT2D eigenvalue weighted by atomic mass is 35.5. The van der Waals surface area contributed by atoms with E-state index in [2.05, 4.69) is 4.90 Å². The summed E-state index contributed by atoms with van der Waals surface area (Å²) in [5.41, 5.74) is 6.61. The van der Waals surface area contributed by atoms with Crippen LogP contribution < -0.4 is 10.5 Å². The fourth-order valence-electron chi connectivity index (χ4n) is 1.87. The van der Waals surface area contributed by atoms with Gasteiger partial charge >= 0.3 is 0 Å². The Morgan fingerprint density at radius 3 is 2.70 bits per heavy atom. The quantitative estimate of drug-likeness (QED) is 0.709. The molecule has 0 aromatic heterocycles. The number of nitrogens with zero attached hydrogens (tertiary/aromatic N) is 1. The van der Waals surface area contributed by atoms with Crippen LogP contribution in [0.25, 0.3) is 0 Å². The molecule has 0 aliphatic rings. The van der Waals surface area contributed by atoms with Gasteiger partial charge in [-0.3, -0.25) is 4.90 Å². The number of hydrogen-bond acceptors (Lipinski definition) is 4. The van der Waals surface area contributed by atoms with Crippen LogP contribution in [0.15, 0.2) is 18.2 Å². The molecular formula is C14H21ClN2O2S. The Morgan fingerprint density at radius 1 is 1.35 bits per heavy atom. The molecule has 0 fully saturated rings. The highest BCUT2D eigenvalue weighted by molar-refractivity contribution is 7.80. The minimum Gasteiger partial charge on any atom is -0.496 e. The first kappa shape index (κ1) is 17.2. The van der Waals surface area contributed by atoms with Gasteiger partial charge in [-0.2, -0.15) is 0 Å². The second-order valence-corrected chi connectivity index (χ2v) is 5.40. The Labute approximate surface area is 130 Å². The average molecular weight is 317 g/mol. The molecule has 1 rings (SSSR count). The molecule has 1 aromatic rings. The van der Waals surface area contributed by atoms with Crippen molar-refractivity contribution in [2.75, 3.05) is 33.9 Å². The Hall–Kier alpha value is -0.880. The number of halogens is 1. The Kier molecular flexibility index (Phi) is 7.84. The van der Waals surface area contributed by atoms with Crippen LogP contribution >= 0.6 is 23.8 Å². The highest BCUT2D eigenvalue weighted by Crippen LogP contribution is 2.24. The third-order valence-corrected chi connectivity index (χ3v) is 3.36. The molecule has 0 saturated carbocycles. The lowest BCUT2D eigenvalue weighted by Gasteiger charge is -2.23. The predicted molar refractivity (Wildman–Crippen MR) is 86.6 cm³/mol. The smallest absolute Gasteiger partial charge is 0.123 e. The summed E-state index contributed by atoms with van der Waals surface area (Å²) >= 11 is 11.0. The molecule has 0 amide bonds. The van der Waals surface area contributed by atoms with Gasteiger partial charge in [0.05, 0.1) is 18.7 Å².